The highest BCUT2D eigenvalue weighted by Gasteiger charge is 2.33. The summed E-state index contributed by atoms with van der Waals surface area (Å²) in [4.78, 5) is 34.0. The molecule has 1 aliphatic carbocycles. The topological polar surface area (TPSA) is 190 Å². The number of carbonyl (C=O) groups excluding carboxylic acids is 1. The standard InChI is InChI=1S/C38H72N2O12.CH2O2/c1-4-17-44-23-29-50-32-26-47-20-14-40(15-21-48-27-33-51-30-24-45-18-10-36(41)42)16-22-49-28-34-52-31-25-46-19-13-39-37(43)38(3)11-7-6-8-35(5-2)9-12-38;2-1-3/h6,8,35H,4-5,7,9-34H2,1-3H3,(H,39,43)(H,41,42);1H,(H,2,3)/b8-6+;. The second-order valence-electron chi connectivity index (χ2n) is 13.1. The molecule has 1 rings (SSSR count). The molecule has 1 amide bonds. The molecule has 0 aromatic rings. The number of carboxylic acids is 1. The van der Waals surface area contributed by atoms with Crippen LogP contribution in [0.3, 0.4) is 0 Å². The Hall–Kier alpha value is -2.25. The van der Waals surface area contributed by atoms with Gasteiger partial charge in [0.2, 0.25) is 5.91 Å². The van der Waals surface area contributed by atoms with Crippen molar-refractivity contribution in [3.63, 3.8) is 0 Å². The Morgan fingerprint density at radius 2 is 1.11 bits per heavy atom. The minimum Gasteiger partial charge on any atom is -0.483 e. The number of hydrogen-bond acceptors (Lipinski definition) is 13. The van der Waals surface area contributed by atoms with Crippen molar-refractivity contribution in [1.82, 2.24) is 10.2 Å². The van der Waals surface area contributed by atoms with Crippen LogP contribution in [0.4, 0.5) is 0 Å². The van der Waals surface area contributed by atoms with Crippen LogP contribution in [0.2, 0.25) is 0 Å². The molecule has 16 nitrogen and oxygen atoms in total. The zero-order valence-electron chi connectivity index (χ0n) is 34.1. The van der Waals surface area contributed by atoms with Crippen LogP contribution in [0.1, 0.15) is 65.7 Å². The number of carboxylic acid groups (broad SMARTS) is 2. The predicted molar refractivity (Wildman–Crippen MR) is 208 cm³/mol. The van der Waals surface area contributed by atoms with Crippen LogP contribution in [0.25, 0.3) is 0 Å². The predicted octanol–water partition coefficient (Wildman–Crippen LogP) is 3.30. The van der Waals surface area contributed by atoms with E-state index in [1.807, 2.05) is 0 Å². The van der Waals surface area contributed by atoms with E-state index in [9.17, 15) is 9.59 Å². The van der Waals surface area contributed by atoms with Gasteiger partial charge in [0.15, 0.2) is 0 Å². The molecule has 0 aromatic carbocycles. The van der Waals surface area contributed by atoms with Gasteiger partial charge in [-0.05, 0) is 44.4 Å². The summed E-state index contributed by atoms with van der Waals surface area (Å²) in [5.74, 6) is -0.180. The molecule has 0 radical (unpaired) electrons. The molecule has 0 spiro atoms. The molecule has 0 saturated carbocycles. The molecular weight excluding hydrogens is 720 g/mol. The molecular formula is C39H74N2O14. The van der Waals surface area contributed by atoms with E-state index in [-0.39, 0.29) is 30.8 Å². The smallest absolute Gasteiger partial charge is 0.305 e. The molecule has 0 aliphatic heterocycles. The fourth-order valence-electron chi connectivity index (χ4n) is 5.28. The van der Waals surface area contributed by atoms with Crippen LogP contribution in [-0.2, 0) is 57.0 Å². The van der Waals surface area contributed by atoms with Gasteiger partial charge < -0.3 is 58.2 Å². The van der Waals surface area contributed by atoms with Gasteiger partial charge in [0, 0.05) is 38.2 Å². The van der Waals surface area contributed by atoms with Crippen molar-refractivity contribution >= 4 is 18.3 Å². The molecule has 0 heterocycles. The lowest BCUT2D eigenvalue weighted by Gasteiger charge is -2.30. The second-order valence-corrected chi connectivity index (χ2v) is 13.1. The summed E-state index contributed by atoms with van der Waals surface area (Å²) in [5, 5.41) is 18.6. The van der Waals surface area contributed by atoms with Gasteiger partial charge in [-0.15, -0.1) is 0 Å². The quantitative estimate of drug-likeness (QED) is 0.0472. The summed E-state index contributed by atoms with van der Waals surface area (Å²) in [7, 11) is 0. The van der Waals surface area contributed by atoms with E-state index in [1.54, 1.807) is 0 Å². The van der Waals surface area contributed by atoms with Gasteiger partial charge in [0.25, 0.3) is 6.47 Å². The van der Waals surface area contributed by atoms with Crippen LogP contribution >= 0.6 is 0 Å². The van der Waals surface area contributed by atoms with Crippen molar-refractivity contribution < 1.29 is 67.2 Å². The first-order valence-electron chi connectivity index (χ1n) is 20.0. The van der Waals surface area contributed by atoms with E-state index in [0.717, 1.165) is 64.8 Å². The highest BCUT2D eigenvalue weighted by molar-refractivity contribution is 5.82. The fourth-order valence-corrected chi connectivity index (χ4v) is 5.28. The van der Waals surface area contributed by atoms with Gasteiger partial charge in [-0.3, -0.25) is 19.3 Å². The summed E-state index contributed by atoms with van der Waals surface area (Å²) < 4.78 is 50.2. The van der Waals surface area contributed by atoms with Crippen LogP contribution in [0, 0.1) is 11.3 Å². The van der Waals surface area contributed by atoms with Gasteiger partial charge in [0.05, 0.1) is 119 Å². The van der Waals surface area contributed by atoms with Crippen molar-refractivity contribution in [2.24, 2.45) is 11.3 Å². The maximum atomic E-state index is 12.9. The summed E-state index contributed by atoms with van der Waals surface area (Å²) in [6.07, 6.45) is 10.5. The minimum atomic E-state index is -0.876. The number of rotatable bonds is 37. The van der Waals surface area contributed by atoms with Crippen molar-refractivity contribution in [3.8, 4) is 0 Å². The fraction of sp³-hybridized carbons (Fsp3) is 0.872. The second kappa shape index (κ2) is 40.0. The van der Waals surface area contributed by atoms with Crippen LogP contribution in [0.15, 0.2) is 12.2 Å². The Morgan fingerprint density at radius 3 is 1.55 bits per heavy atom. The third-order valence-corrected chi connectivity index (χ3v) is 8.64. The van der Waals surface area contributed by atoms with Crippen molar-refractivity contribution in [3.05, 3.63) is 12.2 Å². The summed E-state index contributed by atoms with van der Waals surface area (Å²) >= 11 is 0. The van der Waals surface area contributed by atoms with E-state index in [2.05, 4.69) is 43.1 Å². The van der Waals surface area contributed by atoms with E-state index < -0.39 is 5.97 Å². The normalized spacial score (nSPS) is 17.6. The van der Waals surface area contributed by atoms with Gasteiger partial charge in [-0.1, -0.05) is 32.9 Å². The van der Waals surface area contributed by atoms with Crippen LogP contribution in [-0.4, -0.2) is 179 Å². The highest BCUT2D eigenvalue weighted by atomic mass is 16.6. The van der Waals surface area contributed by atoms with Gasteiger partial charge >= 0.3 is 5.97 Å². The first kappa shape index (κ1) is 52.8. The largest absolute Gasteiger partial charge is 0.483 e. The first-order valence-corrected chi connectivity index (χ1v) is 20.0. The molecule has 0 fully saturated rings. The molecule has 2 atom stereocenters. The molecule has 3 N–H and O–H groups in total. The Bertz CT molecular complexity index is 916. The number of nitrogens with zero attached hydrogens (tertiary/aromatic N) is 1. The van der Waals surface area contributed by atoms with E-state index in [0.29, 0.717) is 118 Å². The van der Waals surface area contributed by atoms with E-state index >= 15 is 0 Å². The third kappa shape index (κ3) is 34.7. The Balaban J connectivity index is 0.00000938. The Kier molecular flexibility index (Phi) is 38.3. The molecule has 2 unspecified atom stereocenters. The highest BCUT2D eigenvalue weighted by Crippen LogP contribution is 2.34. The van der Waals surface area contributed by atoms with Crippen LogP contribution in [0.5, 0.6) is 0 Å². The number of nitrogens with one attached hydrogen (secondary N) is 1. The first-order chi connectivity index (χ1) is 26.8. The molecule has 324 valence electrons. The minimum absolute atomic E-state index is 0.0107. The number of carbonyl (C=O) groups is 3. The monoisotopic (exact) mass is 795 g/mol. The lowest BCUT2D eigenvalue weighted by molar-refractivity contribution is -0.138. The number of amides is 1. The zero-order valence-corrected chi connectivity index (χ0v) is 34.1. The molecule has 1 aliphatic rings. The molecule has 55 heavy (non-hydrogen) atoms. The van der Waals surface area contributed by atoms with Crippen molar-refractivity contribution in [2.45, 2.75) is 65.7 Å². The third-order valence-electron chi connectivity index (χ3n) is 8.64. The zero-order chi connectivity index (χ0) is 40.5. The van der Waals surface area contributed by atoms with Gasteiger partial charge in [-0.2, -0.15) is 0 Å². The van der Waals surface area contributed by atoms with E-state index in [4.69, 9.17) is 57.6 Å². The van der Waals surface area contributed by atoms with Gasteiger partial charge in [-0.25, -0.2) is 0 Å². The Labute approximate surface area is 329 Å². The molecule has 0 aromatic heterocycles. The lowest BCUT2D eigenvalue weighted by atomic mass is 9.76. The maximum Gasteiger partial charge on any atom is 0.305 e. The molecule has 0 saturated heterocycles. The van der Waals surface area contributed by atoms with Gasteiger partial charge in [0.1, 0.15) is 0 Å². The average molecular weight is 795 g/mol. The maximum absolute atomic E-state index is 12.9. The Morgan fingerprint density at radius 1 is 0.691 bits per heavy atom. The van der Waals surface area contributed by atoms with E-state index in [1.165, 1.54) is 0 Å². The molecule has 16 heteroatoms. The van der Waals surface area contributed by atoms with Crippen LogP contribution < -0.4 is 5.32 Å². The number of ether oxygens (including phenoxy) is 9. The number of aliphatic carboxylic acids is 1. The van der Waals surface area contributed by atoms with Crippen molar-refractivity contribution in [1.29, 1.82) is 0 Å². The average Bonchev–Trinajstić information content (AvgIpc) is 3.16. The summed E-state index contributed by atoms with van der Waals surface area (Å²) in [6.45, 7) is 17.7. The summed E-state index contributed by atoms with van der Waals surface area (Å²) in [5.41, 5.74) is -0.321. The summed E-state index contributed by atoms with van der Waals surface area (Å²) in [6, 6.07) is 0. The van der Waals surface area contributed by atoms with Crippen molar-refractivity contribution in [2.75, 3.05) is 145 Å². The number of hydrogen-bond donors (Lipinski definition) is 3. The SMILES string of the molecule is CCCOCCOCCOCCN(CCOCCOCCOCCNC(=O)C1(C)CC/C=C/C(CC)CC1)CCOCCOCCOCCC(=O)O.O=CO. The number of allylic oxidation sites excluding steroid dienone is 2. The lowest BCUT2D eigenvalue weighted by Crippen LogP contribution is -2.41. The molecule has 0 bridgehead atoms.